The van der Waals surface area contributed by atoms with Crippen molar-refractivity contribution < 1.29 is 9.47 Å². The van der Waals surface area contributed by atoms with Crippen molar-refractivity contribution in [2.45, 2.75) is 38.8 Å². The van der Waals surface area contributed by atoms with Gasteiger partial charge >= 0.3 is 0 Å². The summed E-state index contributed by atoms with van der Waals surface area (Å²) in [7, 11) is 1.60. The second kappa shape index (κ2) is 8.38. The van der Waals surface area contributed by atoms with Gasteiger partial charge in [-0.1, -0.05) is 31.0 Å². The van der Waals surface area contributed by atoms with Gasteiger partial charge in [-0.05, 0) is 31.0 Å². The van der Waals surface area contributed by atoms with Crippen molar-refractivity contribution in [1.29, 1.82) is 0 Å². The molecule has 0 saturated heterocycles. The van der Waals surface area contributed by atoms with Gasteiger partial charge in [0.1, 0.15) is 5.75 Å². The van der Waals surface area contributed by atoms with E-state index >= 15 is 0 Å². The summed E-state index contributed by atoms with van der Waals surface area (Å²) in [5, 5.41) is 0.588. The second-order valence-electron chi connectivity index (χ2n) is 4.32. The molecule has 0 aromatic heterocycles. The zero-order chi connectivity index (χ0) is 14.3. The van der Waals surface area contributed by atoms with Gasteiger partial charge in [-0.25, -0.2) is 0 Å². The van der Waals surface area contributed by atoms with E-state index in [1.54, 1.807) is 7.11 Å². The molecule has 0 aliphatic heterocycles. The molecule has 1 aromatic rings. The maximum absolute atomic E-state index is 6.04. The van der Waals surface area contributed by atoms with Crippen molar-refractivity contribution >= 4 is 11.6 Å². The van der Waals surface area contributed by atoms with E-state index in [1.807, 2.05) is 25.1 Å². The van der Waals surface area contributed by atoms with Crippen LogP contribution in [-0.4, -0.2) is 19.8 Å². The fraction of sp³-hybridized carbons (Fsp3) is 0.571. The lowest BCUT2D eigenvalue weighted by Crippen LogP contribution is -2.38. The maximum Gasteiger partial charge on any atom is 0.137 e. The van der Waals surface area contributed by atoms with E-state index in [0.29, 0.717) is 17.4 Å². The molecule has 0 spiro atoms. The smallest absolute Gasteiger partial charge is 0.137 e. The molecule has 4 nitrogen and oxygen atoms in total. The minimum absolute atomic E-state index is 0.0332. The lowest BCUT2D eigenvalue weighted by atomic mass is 9.98. The van der Waals surface area contributed by atoms with E-state index in [1.165, 1.54) is 0 Å². The van der Waals surface area contributed by atoms with Crippen LogP contribution in [0.4, 0.5) is 0 Å². The number of hydrogen-bond acceptors (Lipinski definition) is 4. The van der Waals surface area contributed by atoms with E-state index in [0.717, 1.165) is 18.4 Å². The molecule has 0 fully saturated rings. The third kappa shape index (κ3) is 4.35. The van der Waals surface area contributed by atoms with Gasteiger partial charge in [0.25, 0.3) is 0 Å². The van der Waals surface area contributed by atoms with Gasteiger partial charge in [0.2, 0.25) is 0 Å². The highest BCUT2D eigenvalue weighted by atomic mass is 35.5. The summed E-state index contributed by atoms with van der Waals surface area (Å²) in [5.74, 6) is 6.34. The van der Waals surface area contributed by atoms with Crippen molar-refractivity contribution in [3.05, 3.63) is 28.8 Å². The van der Waals surface area contributed by atoms with Crippen LogP contribution in [0, 0.1) is 0 Å². The van der Waals surface area contributed by atoms with E-state index in [2.05, 4.69) is 12.3 Å². The van der Waals surface area contributed by atoms with Gasteiger partial charge < -0.3 is 9.47 Å². The number of hydrazine groups is 1. The molecular formula is C14H23ClN2O2. The number of ether oxygens (including phenoxy) is 2. The van der Waals surface area contributed by atoms with Gasteiger partial charge in [0, 0.05) is 6.61 Å². The Labute approximate surface area is 120 Å². The molecule has 1 aromatic carbocycles. The Hall–Kier alpha value is -0.810. The average molecular weight is 287 g/mol. The molecule has 0 amide bonds. The van der Waals surface area contributed by atoms with Crippen molar-refractivity contribution in [2.24, 2.45) is 5.84 Å². The molecule has 19 heavy (non-hydrogen) atoms. The highest BCUT2D eigenvalue weighted by Crippen LogP contribution is 2.30. The first kappa shape index (κ1) is 16.2. The third-order valence-electron chi connectivity index (χ3n) is 3.04. The Balaban J connectivity index is 2.99. The summed E-state index contributed by atoms with van der Waals surface area (Å²) in [4.78, 5) is 0. The molecule has 0 heterocycles. The van der Waals surface area contributed by atoms with Crippen LogP contribution in [-0.2, 0) is 4.74 Å². The molecule has 2 atom stereocenters. The van der Waals surface area contributed by atoms with Gasteiger partial charge in [-0.2, -0.15) is 0 Å². The van der Waals surface area contributed by atoms with E-state index < -0.39 is 0 Å². The second-order valence-corrected chi connectivity index (χ2v) is 4.73. The molecule has 0 radical (unpaired) electrons. The minimum atomic E-state index is -0.0777. The predicted molar refractivity (Wildman–Crippen MR) is 78.4 cm³/mol. The summed E-state index contributed by atoms with van der Waals surface area (Å²) in [5.41, 5.74) is 3.85. The number of nitrogens with two attached hydrogens (primary N) is 1. The molecule has 0 bridgehead atoms. The van der Waals surface area contributed by atoms with Crippen LogP contribution in [0.2, 0.25) is 5.02 Å². The molecule has 108 valence electrons. The monoisotopic (exact) mass is 286 g/mol. The third-order valence-corrected chi connectivity index (χ3v) is 3.35. The van der Waals surface area contributed by atoms with Crippen molar-refractivity contribution in [2.75, 3.05) is 13.7 Å². The average Bonchev–Trinajstić information content (AvgIpc) is 2.42. The molecule has 2 unspecified atom stereocenters. The summed E-state index contributed by atoms with van der Waals surface area (Å²) in [6.45, 7) is 4.77. The summed E-state index contributed by atoms with van der Waals surface area (Å²) >= 11 is 6.04. The number of nitrogens with one attached hydrogen (secondary N) is 1. The number of rotatable bonds is 8. The van der Waals surface area contributed by atoms with Crippen LogP contribution >= 0.6 is 11.6 Å². The normalized spacial score (nSPS) is 14.2. The van der Waals surface area contributed by atoms with Crippen molar-refractivity contribution in [1.82, 2.24) is 5.43 Å². The molecule has 0 saturated carbocycles. The summed E-state index contributed by atoms with van der Waals surface area (Å²) in [6, 6.07) is 5.58. The predicted octanol–water partition coefficient (Wildman–Crippen LogP) is 3.06. The first-order valence-corrected chi connectivity index (χ1v) is 6.96. The van der Waals surface area contributed by atoms with Gasteiger partial charge in [-0.3, -0.25) is 11.3 Å². The molecule has 0 aliphatic rings. The zero-order valence-corrected chi connectivity index (χ0v) is 12.5. The lowest BCUT2D eigenvalue weighted by Gasteiger charge is -2.27. The Morgan fingerprint density at radius 3 is 2.63 bits per heavy atom. The Morgan fingerprint density at radius 2 is 2.11 bits per heavy atom. The van der Waals surface area contributed by atoms with E-state index in [-0.39, 0.29) is 12.1 Å². The summed E-state index contributed by atoms with van der Waals surface area (Å²) in [6.07, 6.45) is 2.01. The largest absolute Gasteiger partial charge is 0.495 e. The first-order chi connectivity index (χ1) is 9.17. The van der Waals surface area contributed by atoms with Crippen LogP contribution in [0.3, 0.4) is 0 Å². The topological polar surface area (TPSA) is 56.5 Å². The zero-order valence-electron chi connectivity index (χ0n) is 11.8. The fourth-order valence-corrected chi connectivity index (χ4v) is 2.33. The molecule has 5 heteroatoms. The van der Waals surface area contributed by atoms with E-state index in [9.17, 15) is 0 Å². The van der Waals surface area contributed by atoms with Crippen LogP contribution in [0.5, 0.6) is 5.75 Å². The number of hydrogen-bond donors (Lipinski definition) is 2. The van der Waals surface area contributed by atoms with Crippen LogP contribution < -0.4 is 16.0 Å². The molecule has 3 N–H and O–H groups in total. The van der Waals surface area contributed by atoms with Gasteiger partial charge in [0.15, 0.2) is 0 Å². The fourth-order valence-electron chi connectivity index (χ4n) is 2.13. The van der Waals surface area contributed by atoms with Gasteiger partial charge in [-0.15, -0.1) is 0 Å². The summed E-state index contributed by atoms with van der Waals surface area (Å²) < 4.78 is 11.0. The Morgan fingerprint density at radius 1 is 1.37 bits per heavy atom. The van der Waals surface area contributed by atoms with Crippen molar-refractivity contribution in [3.8, 4) is 5.75 Å². The van der Waals surface area contributed by atoms with Crippen LogP contribution in [0.15, 0.2) is 18.2 Å². The van der Waals surface area contributed by atoms with E-state index in [4.69, 9.17) is 26.9 Å². The van der Waals surface area contributed by atoms with Crippen LogP contribution in [0.1, 0.15) is 38.3 Å². The number of benzene rings is 1. The van der Waals surface area contributed by atoms with Crippen LogP contribution in [0.25, 0.3) is 0 Å². The number of halogens is 1. The Bertz CT molecular complexity index is 382. The van der Waals surface area contributed by atoms with Gasteiger partial charge in [0.05, 0.1) is 24.3 Å². The molecular weight excluding hydrogens is 264 g/mol. The Kier molecular flexibility index (Phi) is 7.16. The minimum Gasteiger partial charge on any atom is -0.495 e. The maximum atomic E-state index is 6.04. The number of methoxy groups -OCH3 is 1. The highest BCUT2D eigenvalue weighted by Gasteiger charge is 2.22. The molecule has 1 rings (SSSR count). The quantitative estimate of drug-likeness (QED) is 0.570. The molecule has 0 aliphatic carbocycles. The standard InChI is InChI=1S/C14H23ClN2O2/c1-4-6-12(19-5-2)14(17-16)10-7-8-11(15)13(9-10)18-3/h7-9,12,14,17H,4-6,16H2,1-3H3. The van der Waals surface area contributed by atoms with Crippen molar-refractivity contribution in [3.63, 3.8) is 0 Å². The first-order valence-electron chi connectivity index (χ1n) is 6.59. The highest BCUT2D eigenvalue weighted by molar-refractivity contribution is 6.32. The SMILES string of the molecule is CCCC(OCC)C(NN)c1ccc(Cl)c(OC)c1. The lowest BCUT2D eigenvalue weighted by molar-refractivity contribution is 0.0275.